The molecular formula is C12H10FNOS. The predicted octanol–water partition coefficient (Wildman–Crippen LogP) is 3.01. The molecule has 0 aliphatic rings. The summed E-state index contributed by atoms with van der Waals surface area (Å²) in [6.45, 7) is 1.85. The van der Waals surface area contributed by atoms with Crippen LogP contribution >= 0.6 is 11.3 Å². The number of para-hydroxylation sites is 1. The average molecular weight is 235 g/mol. The molecule has 1 aromatic carbocycles. The van der Waals surface area contributed by atoms with Gasteiger partial charge in [0, 0.05) is 16.0 Å². The minimum atomic E-state index is -0.557. The lowest BCUT2D eigenvalue weighted by molar-refractivity contribution is 0.103. The second kappa shape index (κ2) is 4.06. The van der Waals surface area contributed by atoms with E-state index in [1.54, 1.807) is 6.07 Å². The molecular weight excluding hydrogens is 225 g/mol. The van der Waals surface area contributed by atoms with Crippen LogP contribution in [0.25, 0.3) is 0 Å². The van der Waals surface area contributed by atoms with Crippen molar-refractivity contribution in [2.75, 3.05) is 5.73 Å². The Labute approximate surface area is 96.5 Å². The Kier molecular flexibility index (Phi) is 2.75. The van der Waals surface area contributed by atoms with Crippen LogP contribution in [0.4, 0.5) is 10.1 Å². The van der Waals surface area contributed by atoms with E-state index < -0.39 is 5.82 Å². The van der Waals surface area contributed by atoms with Gasteiger partial charge < -0.3 is 5.73 Å². The SMILES string of the molecule is Cc1sccc1C(=O)c1cccc(F)c1N. The Morgan fingerprint density at radius 3 is 2.69 bits per heavy atom. The topological polar surface area (TPSA) is 43.1 Å². The standard InChI is InChI=1S/C12H10FNOS/c1-7-8(5-6-16-7)12(15)9-3-2-4-10(13)11(9)14/h2-6H,14H2,1H3. The van der Waals surface area contributed by atoms with Gasteiger partial charge in [0.05, 0.1) is 5.69 Å². The number of hydrogen-bond acceptors (Lipinski definition) is 3. The van der Waals surface area contributed by atoms with Crippen molar-refractivity contribution < 1.29 is 9.18 Å². The van der Waals surface area contributed by atoms with Gasteiger partial charge in [-0.05, 0) is 30.5 Å². The Morgan fingerprint density at radius 2 is 2.06 bits per heavy atom. The van der Waals surface area contributed by atoms with Gasteiger partial charge in [0.1, 0.15) is 5.82 Å². The maximum atomic E-state index is 13.2. The number of halogens is 1. The molecule has 0 atom stereocenters. The third kappa shape index (κ3) is 1.72. The van der Waals surface area contributed by atoms with Gasteiger partial charge in [0.15, 0.2) is 5.78 Å². The molecule has 0 aliphatic heterocycles. The van der Waals surface area contributed by atoms with Gasteiger partial charge in [-0.1, -0.05) is 6.07 Å². The molecule has 0 saturated carbocycles. The summed E-state index contributed by atoms with van der Waals surface area (Å²) >= 11 is 1.48. The molecule has 1 aromatic heterocycles. The van der Waals surface area contributed by atoms with Crippen LogP contribution in [-0.2, 0) is 0 Å². The first kappa shape index (κ1) is 10.8. The monoisotopic (exact) mass is 235 g/mol. The minimum Gasteiger partial charge on any atom is -0.396 e. The number of anilines is 1. The van der Waals surface area contributed by atoms with E-state index in [-0.39, 0.29) is 17.0 Å². The van der Waals surface area contributed by atoms with Gasteiger partial charge in [0.2, 0.25) is 0 Å². The Hall–Kier alpha value is -1.68. The normalized spacial score (nSPS) is 10.4. The van der Waals surface area contributed by atoms with Crippen LogP contribution in [-0.4, -0.2) is 5.78 Å². The molecule has 0 spiro atoms. The van der Waals surface area contributed by atoms with Crippen molar-refractivity contribution in [2.45, 2.75) is 6.92 Å². The first-order chi connectivity index (χ1) is 7.61. The Balaban J connectivity index is 2.50. The summed E-state index contributed by atoms with van der Waals surface area (Å²) in [5.41, 5.74) is 6.27. The summed E-state index contributed by atoms with van der Waals surface area (Å²) in [7, 11) is 0. The van der Waals surface area contributed by atoms with Crippen LogP contribution in [0.2, 0.25) is 0 Å². The number of ketones is 1. The molecule has 4 heteroatoms. The zero-order valence-electron chi connectivity index (χ0n) is 8.66. The summed E-state index contributed by atoms with van der Waals surface area (Å²) in [4.78, 5) is 13.0. The second-order valence-electron chi connectivity index (χ2n) is 3.42. The number of rotatable bonds is 2. The van der Waals surface area contributed by atoms with E-state index in [0.717, 1.165) is 4.88 Å². The molecule has 2 nitrogen and oxygen atoms in total. The highest BCUT2D eigenvalue weighted by Crippen LogP contribution is 2.23. The molecule has 2 aromatic rings. The molecule has 0 bridgehead atoms. The number of carbonyl (C=O) groups is 1. The van der Waals surface area contributed by atoms with Crippen LogP contribution in [0.3, 0.4) is 0 Å². The molecule has 0 radical (unpaired) electrons. The number of carbonyl (C=O) groups excluding carboxylic acids is 1. The molecule has 16 heavy (non-hydrogen) atoms. The van der Waals surface area contributed by atoms with E-state index in [1.165, 1.54) is 29.5 Å². The highest BCUT2D eigenvalue weighted by atomic mass is 32.1. The third-order valence-electron chi connectivity index (χ3n) is 2.40. The molecule has 0 fully saturated rings. The summed E-state index contributed by atoms with van der Waals surface area (Å²) in [6.07, 6.45) is 0. The minimum absolute atomic E-state index is 0.0851. The lowest BCUT2D eigenvalue weighted by atomic mass is 10.0. The highest BCUT2D eigenvalue weighted by Gasteiger charge is 2.16. The van der Waals surface area contributed by atoms with Crippen molar-refractivity contribution in [3.63, 3.8) is 0 Å². The van der Waals surface area contributed by atoms with Crippen LogP contribution in [0.5, 0.6) is 0 Å². The van der Waals surface area contributed by atoms with Crippen molar-refractivity contribution in [1.29, 1.82) is 0 Å². The van der Waals surface area contributed by atoms with Crippen LogP contribution in [0.1, 0.15) is 20.8 Å². The highest BCUT2D eigenvalue weighted by molar-refractivity contribution is 7.10. The van der Waals surface area contributed by atoms with E-state index in [4.69, 9.17) is 5.73 Å². The Morgan fingerprint density at radius 1 is 1.31 bits per heavy atom. The van der Waals surface area contributed by atoms with Gasteiger partial charge in [0.25, 0.3) is 0 Å². The van der Waals surface area contributed by atoms with Crippen molar-refractivity contribution in [2.24, 2.45) is 0 Å². The number of nitrogen functional groups attached to an aromatic ring is 1. The smallest absolute Gasteiger partial charge is 0.196 e. The number of nitrogens with two attached hydrogens (primary N) is 1. The van der Waals surface area contributed by atoms with Gasteiger partial charge in [-0.2, -0.15) is 0 Å². The first-order valence-corrected chi connectivity index (χ1v) is 5.62. The maximum Gasteiger partial charge on any atom is 0.196 e. The van der Waals surface area contributed by atoms with Crippen molar-refractivity contribution in [1.82, 2.24) is 0 Å². The number of hydrogen-bond donors (Lipinski definition) is 1. The molecule has 0 saturated heterocycles. The van der Waals surface area contributed by atoms with E-state index in [9.17, 15) is 9.18 Å². The van der Waals surface area contributed by atoms with Gasteiger partial charge >= 0.3 is 0 Å². The van der Waals surface area contributed by atoms with Crippen molar-refractivity contribution in [3.05, 3.63) is 51.5 Å². The fourth-order valence-electron chi connectivity index (χ4n) is 1.50. The van der Waals surface area contributed by atoms with E-state index in [1.807, 2.05) is 12.3 Å². The molecule has 0 unspecified atom stereocenters. The van der Waals surface area contributed by atoms with Crippen molar-refractivity contribution in [3.8, 4) is 0 Å². The van der Waals surface area contributed by atoms with Crippen LogP contribution < -0.4 is 5.73 Å². The molecule has 0 aliphatic carbocycles. The summed E-state index contributed by atoms with van der Waals surface area (Å²) in [5, 5.41) is 1.83. The third-order valence-corrected chi connectivity index (χ3v) is 3.25. The number of thiophene rings is 1. The molecule has 2 N–H and O–H groups in total. The quantitative estimate of drug-likeness (QED) is 0.642. The fourth-order valence-corrected chi connectivity index (χ4v) is 2.20. The van der Waals surface area contributed by atoms with E-state index in [2.05, 4.69) is 0 Å². The van der Waals surface area contributed by atoms with Gasteiger partial charge in [-0.15, -0.1) is 11.3 Å². The first-order valence-electron chi connectivity index (χ1n) is 4.74. The summed E-state index contributed by atoms with van der Waals surface area (Å²) in [5.74, 6) is -0.783. The Bertz CT molecular complexity index is 548. The number of aryl methyl sites for hydroxylation is 1. The summed E-state index contributed by atoms with van der Waals surface area (Å²) < 4.78 is 13.2. The van der Waals surface area contributed by atoms with Gasteiger partial charge in [-0.25, -0.2) is 4.39 Å². The second-order valence-corrected chi connectivity index (χ2v) is 4.54. The summed E-state index contributed by atoms with van der Waals surface area (Å²) in [6, 6.07) is 6.00. The largest absolute Gasteiger partial charge is 0.396 e. The van der Waals surface area contributed by atoms with E-state index >= 15 is 0 Å². The molecule has 1 heterocycles. The molecule has 2 rings (SSSR count). The predicted molar refractivity (Wildman–Crippen MR) is 63.3 cm³/mol. The fraction of sp³-hybridized carbons (Fsp3) is 0.0833. The average Bonchev–Trinajstić information content (AvgIpc) is 2.68. The molecule has 0 amide bonds. The zero-order valence-corrected chi connectivity index (χ0v) is 9.48. The van der Waals surface area contributed by atoms with E-state index in [0.29, 0.717) is 5.56 Å². The van der Waals surface area contributed by atoms with Gasteiger partial charge in [-0.3, -0.25) is 4.79 Å². The maximum absolute atomic E-state index is 13.2. The number of benzene rings is 1. The molecule has 82 valence electrons. The van der Waals surface area contributed by atoms with Crippen LogP contribution in [0.15, 0.2) is 29.6 Å². The lowest BCUT2D eigenvalue weighted by Crippen LogP contribution is -2.06. The van der Waals surface area contributed by atoms with Crippen molar-refractivity contribution >= 4 is 22.8 Å². The van der Waals surface area contributed by atoms with Crippen LogP contribution in [0, 0.1) is 12.7 Å². The zero-order chi connectivity index (χ0) is 11.7. The lowest BCUT2D eigenvalue weighted by Gasteiger charge is -2.04.